The molecule has 1 aliphatic heterocycles. The van der Waals surface area contributed by atoms with Crippen LogP contribution in [0.25, 0.3) is 0 Å². The summed E-state index contributed by atoms with van der Waals surface area (Å²) in [6.07, 6.45) is 6.98. The van der Waals surface area contributed by atoms with Crippen LogP contribution >= 0.6 is 12.2 Å². The lowest BCUT2D eigenvalue weighted by atomic mass is 9.98. The maximum absolute atomic E-state index is 11.5. The largest absolute Gasteiger partial charge is 0.357 e. The van der Waals surface area contributed by atoms with E-state index in [2.05, 4.69) is 27.3 Å². The molecule has 29 heavy (non-hydrogen) atoms. The van der Waals surface area contributed by atoms with Gasteiger partial charge >= 0.3 is 0 Å². The second-order valence-electron chi connectivity index (χ2n) is 7.03. The van der Waals surface area contributed by atoms with Crippen LogP contribution in [-0.2, 0) is 17.1 Å². The van der Waals surface area contributed by atoms with Gasteiger partial charge in [0.2, 0.25) is 10.0 Å². The van der Waals surface area contributed by atoms with Crippen molar-refractivity contribution in [1.29, 1.82) is 0 Å². The molecule has 0 unspecified atom stereocenters. The number of aryl methyl sites for hydroxylation is 1. The Balaban J connectivity index is 1.73. The first-order chi connectivity index (χ1) is 13.8. The Labute approximate surface area is 175 Å². The molecule has 0 bridgehead atoms. The zero-order valence-corrected chi connectivity index (χ0v) is 17.6. The Kier molecular flexibility index (Phi) is 5.01. The molecule has 7 nitrogen and oxygen atoms in total. The van der Waals surface area contributed by atoms with Crippen LogP contribution in [0.5, 0.6) is 0 Å². The molecule has 1 fully saturated rings. The van der Waals surface area contributed by atoms with Gasteiger partial charge in [0.1, 0.15) is 0 Å². The number of nitrogens with zero attached hydrogens (tertiary/aromatic N) is 3. The van der Waals surface area contributed by atoms with Crippen LogP contribution < -0.4 is 14.9 Å². The highest BCUT2D eigenvalue weighted by Crippen LogP contribution is 2.41. The van der Waals surface area contributed by atoms with Crippen LogP contribution in [0.4, 0.5) is 11.4 Å². The third kappa shape index (κ3) is 4.10. The molecule has 0 spiro atoms. The summed E-state index contributed by atoms with van der Waals surface area (Å²) in [5.74, 6) is 0. The first-order valence-corrected chi connectivity index (χ1v) is 11.3. The van der Waals surface area contributed by atoms with Crippen molar-refractivity contribution in [3.05, 3.63) is 78.4 Å². The van der Waals surface area contributed by atoms with E-state index in [0.29, 0.717) is 10.8 Å². The van der Waals surface area contributed by atoms with Crippen LogP contribution in [0.15, 0.2) is 67.1 Å². The van der Waals surface area contributed by atoms with Gasteiger partial charge in [0.05, 0.1) is 24.0 Å². The Bertz CT molecular complexity index is 1130. The topological polar surface area (TPSA) is 79.3 Å². The van der Waals surface area contributed by atoms with Gasteiger partial charge in [0.25, 0.3) is 0 Å². The van der Waals surface area contributed by atoms with Crippen molar-refractivity contribution in [1.82, 2.24) is 14.9 Å². The highest BCUT2D eigenvalue weighted by atomic mass is 32.2. The number of benzene rings is 1. The Hall–Kier alpha value is -2.91. The zero-order valence-electron chi connectivity index (χ0n) is 16.0. The molecule has 1 saturated heterocycles. The van der Waals surface area contributed by atoms with Gasteiger partial charge < -0.3 is 14.8 Å². The number of aromatic nitrogens is 2. The van der Waals surface area contributed by atoms with E-state index in [4.69, 9.17) is 12.2 Å². The minimum Gasteiger partial charge on any atom is -0.357 e. The average Bonchev–Trinajstić information content (AvgIpc) is 3.25. The van der Waals surface area contributed by atoms with E-state index in [0.717, 1.165) is 23.2 Å². The Morgan fingerprint density at radius 3 is 2.48 bits per heavy atom. The van der Waals surface area contributed by atoms with Crippen molar-refractivity contribution in [2.24, 2.45) is 7.05 Å². The summed E-state index contributed by atoms with van der Waals surface area (Å²) in [5, 5.41) is 4.00. The maximum atomic E-state index is 11.5. The fourth-order valence-corrected chi connectivity index (χ4v) is 4.49. The van der Waals surface area contributed by atoms with Gasteiger partial charge in [-0.15, -0.1) is 0 Å². The second-order valence-corrected chi connectivity index (χ2v) is 9.16. The summed E-state index contributed by atoms with van der Waals surface area (Å²) < 4.78 is 27.4. The lowest BCUT2D eigenvalue weighted by molar-refractivity contribution is 0.567. The van der Waals surface area contributed by atoms with Gasteiger partial charge in [-0.1, -0.05) is 6.07 Å². The molecule has 4 rings (SSSR count). The molecule has 3 heterocycles. The summed E-state index contributed by atoms with van der Waals surface area (Å²) >= 11 is 5.67. The van der Waals surface area contributed by atoms with Crippen LogP contribution in [0.1, 0.15) is 23.3 Å². The minimum absolute atomic E-state index is 0.0904. The molecule has 3 aromatic rings. The number of anilines is 2. The fourth-order valence-electron chi connectivity index (χ4n) is 3.58. The zero-order chi connectivity index (χ0) is 20.6. The molecular weight excluding hydrogens is 406 g/mol. The predicted molar refractivity (Wildman–Crippen MR) is 118 cm³/mol. The highest BCUT2D eigenvalue weighted by Gasteiger charge is 2.40. The second kappa shape index (κ2) is 7.49. The molecule has 0 aliphatic carbocycles. The summed E-state index contributed by atoms with van der Waals surface area (Å²) in [6.45, 7) is 0. The molecular formula is C20H21N5O2S2. The highest BCUT2D eigenvalue weighted by molar-refractivity contribution is 7.92. The predicted octanol–water partition coefficient (Wildman–Crippen LogP) is 2.97. The van der Waals surface area contributed by atoms with E-state index in [1.54, 1.807) is 18.3 Å². The molecule has 2 atom stereocenters. The standard InChI is InChI=1S/C20H21N5O2S2/c1-24-12-10-14(13-24)19-18(17-5-3-4-11-21-17)22-20(28)25(19)16-8-6-15(7-9-16)23-29(2,26)27/h3-13,18-19,23H,1-2H3,(H,22,28)/t18-,19+/m1/s1. The van der Waals surface area contributed by atoms with Gasteiger partial charge in [-0.2, -0.15) is 0 Å². The van der Waals surface area contributed by atoms with Crippen molar-refractivity contribution >= 4 is 38.7 Å². The van der Waals surface area contributed by atoms with E-state index in [1.807, 2.05) is 53.0 Å². The lowest BCUT2D eigenvalue weighted by Gasteiger charge is -2.27. The number of sulfonamides is 1. The van der Waals surface area contributed by atoms with Crippen LogP contribution in [0, 0.1) is 0 Å². The summed E-state index contributed by atoms with van der Waals surface area (Å²) in [7, 11) is -1.35. The third-order valence-corrected chi connectivity index (χ3v) is 5.66. The van der Waals surface area contributed by atoms with E-state index in [-0.39, 0.29) is 12.1 Å². The molecule has 2 N–H and O–H groups in total. The number of hydrogen-bond acceptors (Lipinski definition) is 4. The molecule has 0 amide bonds. The molecule has 150 valence electrons. The van der Waals surface area contributed by atoms with Gasteiger partial charge in [0.15, 0.2) is 5.11 Å². The van der Waals surface area contributed by atoms with E-state index in [1.165, 1.54) is 0 Å². The van der Waals surface area contributed by atoms with Crippen LogP contribution in [0.2, 0.25) is 0 Å². The molecule has 9 heteroatoms. The van der Waals surface area contributed by atoms with Crippen molar-refractivity contribution < 1.29 is 8.42 Å². The Morgan fingerprint density at radius 2 is 1.90 bits per heavy atom. The number of thiocarbonyl (C=S) groups is 1. The molecule has 1 aliphatic rings. The molecule has 2 aromatic heterocycles. The first-order valence-electron chi connectivity index (χ1n) is 9.02. The minimum atomic E-state index is -3.33. The first kappa shape index (κ1) is 19.4. The normalized spacial score (nSPS) is 19.2. The smallest absolute Gasteiger partial charge is 0.229 e. The molecule has 0 saturated carbocycles. The third-order valence-electron chi connectivity index (χ3n) is 4.74. The fraction of sp³-hybridized carbons (Fsp3) is 0.200. The van der Waals surface area contributed by atoms with Crippen molar-refractivity contribution in [3.63, 3.8) is 0 Å². The van der Waals surface area contributed by atoms with Gasteiger partial charge in [0, 0.05) is 37.0 Å². The summed E-state index contributed by atoms with van der Waals surface area (Å²) in [6, 6.07) is 14.9. The van der Waals surface area contributed by atoms with Gasteiger partial charge in [-0.3, -0.25) is 9.71 Å². The number of nitrogens with one attached hydrogen (secondary N) is 2. The number of rotatable bonds is 5. The summed E-state index contributed by atoms with van der Waals surface area (Å²) in [5.41, 5.74) is 3.39. The van der Waals surface area contributed by atoms with Crippen molar-refractivity contribution in [3.8, 4) is 0 Å². The maximum Gasteiger partial charge on any atom is 0.229 e. The summed E-state index contributed by atoms with van der Waals surface area (Å²) in [4.78, 5) is 6.58. The SMILES string of the molecule is Cn1ccc([C@H]2[C@@H](c3ccccn3)NC(=S)N2c2ccc(NS(C)(=O)=O)cc2)c1. The van der Waals surface area contributed by atoms with Crippen LogP contribution in [0.3, 0.4) is 0 Å². The lowest BCUT2D eigenvalue weighted by Crippen LogP contribution is -2.29. The Morgan fingerprint density at radius 1 is 1.14 bits per heavy atom. The van der Waals surface area contributed by atoms with E-state index >= 15 is 0 Å². The monoisotopic (exact) mass is 427 g/mol. The van der Waals surface area contributed by atoms with Gasteiger partial charge in [-0.05, 0) is 60.2 Å². The quantitative estimate of drug-likeness (QED) is 0.610. The average molecular weight is 428 g/mol. The van der Waals surface area contributed by atoms with Crippen molar-refractivity contribution in [2.75, 3.05) is 15.9 Å². The van der Waals surface area contributed by atoms with Gasteiger partial charge in [-0.25, -0.2) is 8.42 Å². The van der Waals surface area contributed by atoms with Crippen molar-refractivity contribution in [2.45, 2.75) is 12.1 Å². The van der Waals surface area contributed by atoms with E-state index in [9.17, 15) is 8.42 Å². The number of hydrogen-bond donors (Lipinski definition) is 2. The molecule has 0 radical (unpaired) electrons. The van der Waals surface area contributed by atoms with Crippen LogP contribution in [-0.4, -0.2) is 29.3 Å². The number of pyridine rings is 1. The van der Waals surface area contributed by atoms with E-state index < -0.39 is 10.0 Å². The molecule has 1 aromatic carbocycles.